The van der Waals surface area contributed by atoms with Gasteiger partial charge >= 0.3 is 11.9 Å². The van der Waals surface area contributed by atoms with Gasteiger partial charge in [0.2, 0.25) is 11.7 Å². The molecule has 0 saturated heterocycles. The smallest absolute Gasteiger partial charge is 0.338 e. The lowest BCUT2D eigenvalue weighted by molar-refractivity contribution is -0.141. The van der Waals surface area contributed by atoms with E-state index in [0.29, 0.717) is 5.56 Å². The fourth-order valence-electron chi connectivity index (χ4n) is 3.81. The number of hydrogen-bond donors (Lipinski definition) is 1. The molecule has 2 aromatic carbocycles. The van der Waals surface area contributed by atoms with Gasteiger partial charge in [0.1, 0.15) is 18.2 Å². The highest BCUT2D eigenvalue weighted by atomic mass is 35.5. The maximum atomic E-state index is 16.9. The first-order valence-corrected chi connectivity index (χ1v) is 11.9. The highest BCUT2D eigenvalue weighted by Gasteiger charge is 2.47. The number of nitrogens with zero attached hydrogens (tertiary/aromatic N) is 4. The van der Waals surface area contributed by atoms with Gasteiger partial charge in [-0.3, -0.25) is 4.57 Å². The van der Waals surface area contributed by atoms with Crippen molar-refractivity contribution in [1.82, 2.24) is 19.5 Å². The van der Waals surface area contributed by atoms with Crippen molar-refractivity contribution < 1.29 is 28.2 Å². The van der Waals surface area contributed by atoms with E-state index in [9.17, 15) is 9.59 Å². The molecule has 12 heteroatoms. The summed E-state index contributed by atoms with van der Waals surface area (Å²) < 4.78 is 34.5. The van der Waals surface area contributed by atoms with E-state index in [-0.39, 0.29) is 27.8 Å². The van der Waals surface area contributed by atoms with E-state index in [0.717, 1.165) is 4.57 Å². The van der Waals surface area contributed by atoms with Crippen LogP contribution in [0, 0.1) is 0 Å². The second-order valence-corrected chi connectivity index (χ2v) is 8.69. The van der Waals surface area contributed by atoms with Gasteiger partial charge in [0.25, 0.3) is 0 Å². The first-order valence-electron chi connectivity index (χ1n) is 11.5. The Balaban J connectivity index is 1.71. The quantitative estimate of drug-likeness (QED) is 0.232. The minimum absolute atomic E-state index is 0.00631. The topological polar surface area (TPSA) is 117 Å². The molecule has 4 aromatic rings. The number of fused-ring (bicyclic) bond motifs is 1. The minimum Gasteiger partial charge on any atom is -0.459 e. The fourth-order valence-corrected chi connectivity index (χ4v) is 4.02. The number of hydrogen-bond acceptors (Lipinski definition) is 9. The second kappa shape index (κ2) is 11.5. The molecule has 0 aliphatic rings. The van der Waals surface area contributed by atoms with Crippen LogP contribution >= 0.6 is 11.6 Å². The number of methoxy groups -OCH3 is 1. The summed E-state index contributed by atoms with van der Waals surface area (Å²) in [5.41, 5.74) is 0.695. The summed E-state index contributed by atoms with van der Waals surface area (Å²) in [5.74, 6) is -3.81. The number of rotatable bonds is 10. The molecule has 0 bridgehead atoms. The van der Waals surface area contributed by atoms with Crippen molar-refractivity contribution in [3.05, 3.63) is 83.3 Å². The Morgan fingerprint density at radius 1 is 1.05 bits per heavy atom. The molecule has 0 amide bonds. The number of aromatic nitrogens is 4. The fraction of sp³-hybridized carbons (Fsp3) is 0.269. The number of halogens is 2. The lowest BCUT2D eigenvalue weighted by Gasteiger charge is -2.35. The number of nitrogens with one attached hydrogen (secondary N) is 1. The zero-order valence-corrected chi connectivity index (χ0v) is 21.6. The average Bonchev–Trinajstić information content (AvgIpc) is 3.39. The summed E-state index contributed by atoms with van der Waals surface area (Å²) in [6.45, 7) is 0.762. The summed E-state index contributed by atoms with van der Waals surface area (Å²) in [7, 11) is 2.88. The minimum atomic E-state index is -2.50. The Bertz CT molecular complexity index is 1420. The van der Waals surface area contributed by atoms with Crippen molar-refractivity contribution in [3.63, 3.8) is 0 Å². The van der Waals surface area contributed by atoms with Gasteiger partial charge in [-0.15, -0.1) is 0 Å². The molecule has 0 aliphatic carbocycles. The third-order valence-corrected chi connectivity index (χ3v) is 6.10. The monoisotopic (exact) mass is 541 g/mol. The van der Waals surface area contributed by atoms with Crippen LogP contribution in [-0.4, -0.2) is 64.4 Å². The molecular weight excluding hydrogens is 517 g/mol. The van der Waals surface area contributed by atoms with Gasteiger partial charge in [-0.25, -0.2) is 19.0 Å². The molecule has 198 valence electrons. The molecular formula is C26H25ClFN5O5. The maximum Gasteiger partial charge on any atom is 0.338 e. The standard InChI is InChI=1S/C26H25ClFN5O5/c1-26(28,33-15-30-19-21(27)31-25(29-2)32-22(19)33)20(38-24(35)17-12-8-5-9-13-17)18(36-3)14-37-23(34)16-10-6-4-7-11-16/h4-13,15,18,20H,14H2,1-3H3,(H,29,31,32)/t18-,20-,26+/m1/s1. The summed E-state index contributed by atoms with van der Waals surface area (Å²) in [6, 6.07) is 16.4. The highest BCUT2D eigenvalue weighted by molar-refractivity contribution is 6.33. The van der Waals surface area contributed by atoms with Crippen LogP contribution in [0.15, 0.2) is 67.0 Å². The molecule has 0 radical (unpaired) electrons. The summed E-state index contributed by atoms with van der Waals surface area (Å²) in [4.78, 5) is 38.1. The SMILES string of the molecule is CNc1nc(Cl)c2ncn([C@](C)(F)[C@H](OC(=O)c3ccccc3)[C@@H](COC(=O)c3ccccc3)OC)c2n1. The molecule has 2 heterocycles. The van der Waals surface area contributed by atoms with Crippen molar-refractivity contribution in [3.8, 4) is 0 Å². The van der Waals surface area contributed by atoms with Gasteiger partial charge in [0, 0.05) is 14.2 Å². The van der Waals surface area contributed by atoms with Crippen LogP contribution in [0.3, 0.4) is 0 Å². The summed E-state index contributed by atoms with van der Waals surface area (Å²) >= 11 is 6.22. The molecule has 0 saturated carbocycles. The lowest BCUT2D eigenvalue weighted by Crippen LogP contribution is -2.51. The summed E-state index contributed by atoms with van der Waals surface area (Å²) in [5, 5.41) is 2.76. The Morgan fingerprint density at radius 3 is 2.24 bits per heavy atom. The maximum absolute atomic E-state index is 16.9. The first kappa shape index (κ1) is 27.0. The zero-order chi connectivity index (χ0) is 27.3. The molecule has 38 heavy (non-hydrogen) atoms. The van der Waals surface area contributed by atoms with Crippen molar-refractivity contribution in [1.29, 1.82) is 0 Å². The number of benzene rings is 2. The Labute approximate surface area is 222 Å². The zero-order valence-electron chi connectivity index (χ0n) is 20.8. The van der Waals surface area contributed by atoms with E-state index in [1.165, 1.54) is 32.5 Å². The summed E-state index contributed by atoms with van der Waals surface area (Å²) in [6.07, 6.45) is -1.66. The Morgan fingerprint density at radius 2 is 1.66 bits per heavy atom. The Hall–Kier alpha value is -4.09. The van der Waals surface area contributed by atoms with Crippen LogP contribution in [0.2, 0.25) is 5.15 Å². The molecule has 4 rings (SSSR count). The number of alkyl halides is 1. The number of carbonyl (C=O) groups excluding carboxylic acids is 2. The molecule has 0 spiro atoms. The number of anilines is 1. The molecule has 0 aliphatic heterocycles. The first-order chi connectivity index (χ1) is 18.3. The molecule has 2 aromatic heterocycles. The van der Waals surface area contributed by atoms with Gasteiger partial charge in [0.15, 0.2) is 16.9 Å². The van der Waals surface area contributed by atoms with E-state index in [4.69, 9.17) is 25.8 Å². The van der Waals surface area contributed by atoms with Gasteiger partial charge in [-0.2, -0.15) is 9.97 Å². The van der Waals surface area contributed by atoms with Crippen LogP contribution in [0.1, 0.15) is 27.6 Å². The van der Waals surface area contributed by atoms with Crippen LogP contribution in [-0.2, 0) is 20.0 Å². The largest absolute Gasteiger partial charge is 0.459 e. The lowest BCUT2D eigenvalue weighted by atomic mass is 10.0. The van der Waals surface area contributed by atoms with E-state index < -0.39 is 36.5 Å². The average molecular weight is 542 g/mol. The van der Waals surface area contributed by atoms with Crippen LogP contribution < -0.4 is 5.32 Å². The van der Waals surface area contributed by atoms with E-state index in [2.05, 4.69) is 20.3 Å². The predicted octanol–water partition coefficient (Wildman–Crippen LogP) is 4.26. The van der Waals surface area contributed by atoms with Crippen molar-refractivity contribution in [2.45, 2.75) is 24.9 Å². The van der Waals surface area contributed by atoms with Crippen LogP contribution in [0.25, 0.3) is 11.2 Å². The number of ether oxygens (including phenoxy) is 3. The molecule has 10 nitrogen and oxygen atoms in total. The van der Waals surface area contributed by atoms with E-state index in [1.807, 2.05) is 0 Å². The third-order valence-electron chi connectivity index (χ3n) is 5.84. The normalized spacial score (nSPS) is 14.3. The predicted molar refractivity (Wildman–Crippen MR) is 138 cm³/mol. The van der Waals surface area contributed by atoms with Gasteiger partial charge in [-0.05, 0) is 31.2 Å². The van der Waals surface area contributed by atoms with Crippen LogP contribution in [0.4, 0.5) is 10.3 Å². The number of imidazole rings is 1. The number of carbonyl (C=O) groups is 2. The van der Waals surface area contributed by atoms with Gasteiger partial charge in [-0.1, -0.05) is 48.0 Å². The molecule has 1 N–H and O–H groups in total. The van der Waals surface area contributed by atoms with Crippen molar-refractivity contribution >= 4 is 40.7 Å². The van der Waals surface area contributed by atoms with E-state index >= 15 is 4.39 Å². The van der Waals surface area contributed by atoms with E-state index in [1.54, 1.807) is 55.6 Å². The Kier molecular flexibility index (Phi) is 8.18. The van der Waals surface area contributed by atoms with Crippen molar-refractivity contribution in [2.24, 2.45) is 0 Å². The number of esters is 2. The third kappa shape index (κ3) is 5.58. The molecule has 0 fully saturated rings. The molecule has 3 atom stereocenters. The second-order valence-electron chi connectivity index (χ2n) is 8.33. The molecule has 0 unspecified atom stereocenters. The van der Waals surface area contributed by atoms with Crippen LogP contribution in [0.5, 0.6) is 0 Å². The van der Waals surface area contributed by atoms with Crippen molar-refractivity contribution in [2.75, 3.05) is 26.1 Å². The highest BCUT2D eigenvalue weighted by Crippen LogP contribution is 2.34. The van der Waals surface area contributed by atoms with Gasteiger partial charge in [0.05, 0.1) is 17.5 Å². The van der Waals surface area contributed by atoms with Gasteiger partial charge < -0.3 is 19.5 Å².